The monoisotopic (exact) mass is 336 g/mol. The largest absolute Gasteiger partial charge is 0.494 e. The highest BCUT2D eigenvalue weighted by molar-refractivity contribution is 5.69. The van der Waals surface area contributed by atoms with Crippen LogP contribution in [0.1, 0.15) is 43.4 Å². The molecule has 0 spiro atoms. The van der Waals surface area contributed by atoms with E-state index in [1.54, 1.807) is 0 Å². The maximum absolute atomic E-state index is 6.38. The lowest BCUT2D eigenvalue weighted by Gasteiger charge is -2.28. The molecule has 3 nitrogen and oxygen atoms in total. The minimum atomic E-state index is 0.114. The second-order valence-electron chi connectivity index (χ2n) is 6.54. The topological polar surface area (TPSA) is 15.7 Å². The van der Waals surface area contributed by atoms with Gasteiger partial charge in [0.15, 0.2) is 0 Å². The molecule has 0 aliphatic carbocycles. The van der Waals surface area contributed by atoms with E-state index < -0.39 is 0 Å². The molecule has 0 saturated heterocycles. The lowest BCUT2D eigenvalue weighted by atomic mass is 10.0. The summed E-state index contributed by atoms with van der Waals surface area (Å²) in [5, 5.41) is 4.47. The Morgan fingerprint density at radius 2 is 1.52 bits per heavy atom. The Balaban J connectivity index is 1.99. The van der Waals surface area contributed by atoms with Gasteiger partial charge >= 0.3 is 0 Å². The number of likely N-dealkylation sites (N-methyl/N-ethyl adjacent to an activating group) is 1. The first-order valence-corrected chi connectivity index (χ1v) is 9.17. The number of benzene rings is 2. The molecule has 2 aromatic rings. The van der Waals surface area contributed by atoms with Gasteiger partial charge in [0.2, 0.25) is 0 Å². The van der Waals surface area contributed by atoms with Crippen molar-refractivity contribution in [1.29, 1.82) is 0 Å². The maximum atomic E-state index is 6.38. The van der Waals surface area contributed by atoms with E-state index in [1.807, 2.05) is 0 Å². The van der Waals surface area contributed by atoms with Crippen molar-refractivity contribution in [1.82, 2.24) is 10.0 Å². The van der Waals surface area contributed by atoms with Crippen LogP contribution in [0.4, 0.5) is 0 Å². The second-order valence-corrected chi connectivity index (χ2v) is 6.54. The molecule has 3 heteroatoms. The standard InChI is InChI=1S/C22H28N2O/c1-4-5-12-17-25-22-20(18-13-8-6-9-14-18)23(2)24(3)21(22)19-15-10-7-11-16-19/h6-11,13-16,20H,4-5,12,17H2,1-3H3. The van der Waals surface area contributed by atoms with Gasteiger partial charge in [0.1, 0.15) is 11.8 Å². The van der Waals surface area contributed by atoms with Crippen LogP contribution in [0.2, 0.25) is 0 Å². The van der Waals surface area contributed by atoms with E-state index in [0.717, 1.165) is 24.5 Å². The number of hydrazine groups is 1. The van der Waals surface area contributed by atoms with Crippen LogP contribution in [0.25, 0.3) is 5.70 Å². The fraction of sp³-hybridized carbons (Fsp3) is 0.364. The van der Waals surface area contributed by atoms with Crippen LogP contribution in [0.5, 0.6) is 0 Å². The van der Waals surface area contributed by atoms with Gasteiger partial charge in [-0.15, -0.1) is 0 Å². The molecule has 1 atom stereocenters. The van der Waals surface area contributed by atoms with Crippen molar-refractivity contribution in [3.05, 3.63) is 77.5 Å². The predicted molar refractivity (Wildman–Crippen MR) is 104 cm³/mol. The van der Waals surface area contributed by atoms with E-state index in [0.29, 0.717) is 0 Å². The van der Waals surface area contributed by atoms with Gasteiger partial charge in [-0.25, -0.2) is 5.01 Å². The van der Waals surface area contributed by atoms with Crippen LogP contribution in [0, 0.1) is 0 Å². The average molecular weight is 336 g/mol. The highest BCUT2D eigenvalue weighted by atomic mass is 16.5. The van der Waals surface area contributed by atoms with Crippen LogP contribution in [0.15, 0.2) is 66.4 Å². The van der Waals surface area contributed by atoms with Crippen molar-refractivity contribution < 1.29 is 4.74 Å². The van der Waals surface area contributed by atoms with Crippen molar-refractivity contribution in [3.63, 3.8) is 0 Å². The molecule has 1 unspecified atom stereocenters. The summed E-state index contributed by atoms with van der Waals surface area (Å²) in [4.78, 5) is 0. The van der Waals surface area contributed by atoms with Crippen LogP contribution in [-0.2, 0) is 4.74 Å². The predicted octanol–water partition coefficient (Wildman–Crippen LogP) is 5.10. The van der Waals surface area contributed by atoms with Crippen molar-refractivity contribution in [3.8, 4) is 0 Å². The smallest absolute Gasteiger partial charge is 0.145 e. The van der Waals surface area contributed by atoms with E-state index in [-0.39, 0.29) is 6.04 Å². The zero-order chi connectivity index (χ0) is 17.6. The Hall–Kier alpha value is -2.26. The van der Waals surface area contributed by atoms with Gasteiger partial charge in [0, 0.05) is 19.7 Å². The third-order valence-corrected chi connectivity index (χ3v) is 4.82. The van der Waals surface area contributed by atoms with E-state index in [4.69, 9.17) is 4.74 Å². The Morgan fingerprint density at radius 3 is 2.16 bits per heavy atom. The van der Waals surface area contributed by atoms with Gasteiger partial charge in [-0.3, -0.25) is 0 Å². The van der Waals surface area contributed by atoms with Crippen LogP contribution in [-0.4, -0.2) is 30.7 Å². The van der Waals surface area contributed by atoms with Gasteiger partial charge in [0.25, 0.3) is 0 Å². The molecule has 25 heavy (non-hydrogen) atoms. The van der Waals surface area contributed by atoms with Crippen molar-refractivity contribution in [2.24, 2.45) is 0 Å². The van der Waals surface area contributed by atoms with E-state index in [9.17, 15) is 0 Å². The lowest BCUT2D eigenvalue weighted by Crippen LogP contribution is -2.32. The average Bonchev–Trinajstić information content (AvgIpc) is 2.91. The zero-order valence-electron chi connectivity index (χ0n) is 15.5. The first kappa shape index (κ1) is 17.6. The van der Waals surface area contributed by atoms with Gasteiger partial charge in [-0.05, 0) is 12.0 Å². The fourth-order valence-corrected chi connectivity index (χ4v) is 3.40. The summed E-state index contributed by atoms with van der Waals surface area (Å²) in [6.07, 6.45) is 3.50. The Morgan fingerprint density at radius 1 is 0.880 bits per heavy atom. The highest BCUT2D eigenvalue weighted by Crippen LogP contribution is 2.42. The summed E-state index contributed by atoms with van der Waals surface area (Å²) in [5.41, 5.74) is 3.61. The minimum Gasteiger partial charge on any atom is -0.494 e. The molecule has 132 valence electrons. The Labute approximate surface area is 151 Å². The zero-order valence-corrected chi connectivity index (χ0v) is 15.5. The van der Waals surface area contributed by atoms with Crippen molar-refractivity contribution >= 4 is 5.70 Å². The number of hydrogen-bond donors (Lipinski definition) is 0. The second kappa shape index (κ2) is 8.21. The van der Waals surface area contributed by atoms with Gasteiger partial charge in [-0.2, -0.15) is 0 Å². The Kier molecular flexibility index (Phi) is 5.77. The number of nitrogens with zero attached hydrogens (tertiary/aromatic N) is 2. The molecular weight excluding hydrogens is 308 g/mol. The molecule has 0 radical (unpaired) electrons. The van der Waals surface area contributed by atoms with Gasteiger partial charge in [-0.1, -0.05) is 80.4 Å². The summed E-state index contributed by atoms with van der Waals surface area (Å²) in [6.45, 7) is 2.99. The normalized spacial score (nSPS) is 18.0. The van der Waals surface area contributed by atoms with Crippen LogP contribution in [0.3, 0.4) is 0 Å². The minimum absolute atomic E-state index is 0.114. The number of hydrogen-bond acceptors (Lipinski definition) is 3. The fourth-order valence-electron chi connectivity index (χ4n) is 3.40. The summed E-state index contributed by atoms with van der Waals surface area (Å²) in [6, 6.07) is 21.3. The molecule has 2 aromatic carbocycles. The van der Waals surface area contributed by atoms with E-state index >= 15 is 0 Å². The molecule has 1 aliphatic rings. The Bertz CT molecular complexity index is 696. The van der Waals surface area contributed by atoms with Crippen molar-refractivity contribution in [2.75, 3.05) is 20.7 Å². The quantitative estimate of drug-likeness (QED) is 0.655. The highest BCUT2D eigenvalue weighted by Gasteiger charge is 2.37. The van der Waals surface area contributed by atoms with Crippen molar-refractivity contribution in [2.45, 2.75) is 32.2 Å². The molecule has 0 aromatic heterocycles. The molecule has 3 rings (SSSR count). The maximum Gasteiger partial charge on any atom is 0.145 e. The van der Waals surface area contributed by atoms with E-state index in [2.05, 4.69) is 91.7 Å². The number of ether oxygens (including phenoxy) is 1. The third kappa shape index (κ3) is 3.72. The van der Waals surface area contributed by atoms with Crippen LogP contribution >= 0.6 is 0 Å². The molecule has 0 fully saturated rings. The molecular formula is C22H28N2O. The first-order chi connectivity index (χ1) is 12.2. The SMILES string of the molecule is CCCCCOC1=C(c2ccccc2)N(C)N(C)C1c1ccccc1. The summed E-state index contributed by atoms with van der Waals surface area (Å²) < 4.78 is 6.38. The molecule has 0 saturated carbocycles. The third-order valence-electron chi connectivity index (χ3n) is 4.82. The molecule has 1 heterocycles. The molecule has 0 amide bonds. The summed E-state index contributed by atoms with van der Waals surface area (Å²) >= 11 is 0. The van der Waals surface area contributed by atoms with E-state index in [1.165, 1.54) is 24.0 Å². The van der Waals surface area contributed by atoms with Crippen LogP contribution < -0.4 is 0 Å². The summed E-state index contributed by atoms with van der Waals surface area (Å²) in [7, 11) is 4.24. The first-order valence-electron chi connectivity index (χ1n) is 9.17. The van der Waals surface area contributed by atoms with Gasteiger partial charge < -0.3 is 9.75 Å². The lowest BCUT2D eigenvalue weighted by molar-refractivity contribution is 0.0607. The van der Waals surface area contributed by atoms with Gasteiger partial charge in [0.05, 0.1) is 12.3 Å². The molecule has 1 aliphatic heterocycles. The molecule has 0 N–H and O–H groups in total. The number of rotatable bonds is 7. The summed E-state index contributed by atoms with van der Waals surface area (Å²) in [5.74, 6) is 1.05. The number of unbranched alkanes of at least 4 members (excludes halogenated alkanes) is 2. The molecule has 0 bridgehead atoms.